The number of anilines is 2. The van der Waals surface area contributed by atoms with Gasteiger partial charge in [-0.3, -0.25) is 4.79 Å². The first kappa shape index (κ1) is 21.6. The summed E-state index contributed by atoms with van der Waals surface area (Å²) in [6, 6.07) is 4.32. The van der Waals surface area contributed by atoms with E-state index in [2.05, 4.69) is 5.32 Å². The van der Waals surface area contributed by atoms with Crippen molar-refractivity contribution in [2.75, 3.05) is 24.2 Å². The molecule has 0 radical (unpaired) electrons. The van der Waals surface area contributed by atoms with Crippen LogP contribution in [0.1, 0.15) is 10.4 Å². The van der Waals surface area contributed by atoms with Crippen LogP contribution >= 0.6 is 0 Å². The molecule has 0 aliphatic carbocycles. The second-order valence-electron chi connectivity index (χ2n) is 5.65. The molecule has 8 nitrogen and oxygen atoms in total. The van der Waals surface area contributed by atoms with Crippen molar-refractivity contribution in [3.8, 4) is 0 Å². The molecule has 12 heteroatoms. The van der Waals surface area contributed by atoms with Crippen LogP contribution in [0.25, 0.3) is 0 Å². The summed E-state index contributed by atoms with van der Waals surface area (Å²) in [5.41, 5.74) is 4.81. The molecule has 0 aromatic heterocycles. The molecule has 0 spiro atoms. The highest BCUT2D eigenvalue weighted by molar-refractivity contribution is 7.89. The number of amides is 1. The Hall–Kier alpha value is -2.67. The number of benzene rings is 2. The third kappa shape index (κ3) is 4.98. The van der Waals surface area contributed by atoms with Gasteiger partial charge in [-0.05, 0) is 18.2 Å². The molecular weight excluding hydrogens is 403 g/mol. The van der Waals surface area contributed by atoms with E-state index in [-0.39, 0.29) is 16.9 Å². The topological polar surface area (TPSA) is 142 Å². The van der Waals surface area contributed by atoms with E-state index in [1.54, 1.807) is 0 Å². The molecular formula is C16H16F3N3O5S. The van der Waals surface area contributed by atoms with E-state index in [0.29, 0.717) is 12.1 Å². The maximum absolute atomic E-state index is 13.2. The van der Waals surface area contributed by atoms with E-state index >= 15 is 0 Å². The molecule has 0 saturated carbocycles. The predicted octanol–water partition coefficient (Wildman–Crippen LogP) is 0.570. The normalized spacial score (nSPS) is 12.6. The standard InChI is InChI=1S/C16H16F3N3O5S/c17-11-4-9(5-12(18)15(11)19)22-16(25)8-1-2-13(20)14(3-8)28(26,27)21-6-10(24)7-23/h1-5,10,21,23-24H,6-7,20H2,(H,22,25). The molecule has 2 rings (SSSR count). The van der Waals surface area contributed by atoms with Crippen molar-refractivity contribution in [1.29, 1.82) is 0 Å². The molecule has 0 fully saturated rings. The van der Waals surface area contributed by atoms with Crippen molar-refractivity contribution in [1.82, 2.24) is 4.72 Å². The fourth-order valence-electron chi connectivity index (χ4n) is 2.09. The average molecular weight is 419 g/mol. The number of aliphatic hydroxyl groups is 2. The molecule has 0 saturated heterocycles. The van der Waals surface area contributed by atoms with Crippen LogP contribution in [-0.4, -0.2) is 43.8 Å². The Bertz CT molecular complexity index is 978. The second-order valence-corrected chi connectivity index (χ2v) is 7.38. The molecule has 2 aromatic rings. The number of sulfonamides is 1. The maximum atomic E-state index is 13.2. The summed E-state index contributed by atoms with van der Waals surface area (Å²) in [5, 5.41) is 20.1. The number of halogens is 3. The number of carbonyl (C=O) groups excluding carboxylic acids is 1. The monoisotopic (exact) mass is 419 g/mol. The molecule has 1 atom stereocenters. The zero-order chi connectivity index (χ0) is 21.1. The van der Waals surface area contributed by atoms with Crippen LogP contribution in [0, 0.1) is 17.5 Å². The van der Waals surface area contributed by atoms with E-state index in [9.17, 15) is 31.5 Å². The van der Waals surface area contributed by atoms with Crippen molar-refractivity contribution in [3.05, 3.63) is 53.3 Å². The summed E-state index contributed by atoms with van der Waals surface area (Å²) in [5.74, 6) is -5.66. The molecule has 1 unspecified atom stereocenters. The van der Waals surface area contributed by atoms with Crippen molar-refractivity contribution in [2.45, 2.75) is 11.0 Å². The molecule has 0 heterocycles. The Kier molecular flexibility index (Phi) is 6.61. The summed E-state index contributed by atoms with van der Waals surface area (Å²) < 4.78 is 66.0. The van der Waals surface area contributed by atoms with Crippen LogP contribution in [0.5, 0.6) is 0 Å². The Morgan fingerprint density at radius 3 is 2.32 bits per heavy atom. The number of nitrogens with one attached hydrogen (secondary N) is 2. The summed E-state index contributed by atoms with van der Waals surface area (Å²) in [6.07, 6.45) is -1.34. The van der Waals surface area contributed by atoms with Crippen molar-refractivity contribution in [3.63, 3.8) is 0 Å². The Morgan fingerprint density at radius 2 is 1.75 bits per heavy atom. The lowest BCUT2D eigenvalue weighted by Crippen LogP contribution is -2.34. The van der Waals surface area contributed by atoms with Crippen molar-refractivity contribution in [2.24, 2.45) is 0 Å². The van der Waals surface area contributed by atoms with E-state index in [1.165, 1.54) is 6.07 Å². The second kappa shape index (κ2) is 8.56. The number of hydrogen-bond donors (Lipinski definition) is 5. The van der Waals surface area contributed by atoms with E-state index in [1.807, 2.05) is 4.72 Å². The largest absolute Gasteiger partial charge is 0.398 e. The van der Waals surface area contributed by atoms with Gasteiger partial charge in [0.25, 0.3) is 5.91 Å². The minimum atomic E-state index is -4.24. The van der Waals surface area contributed by atoms with E-state index in [4.69, 9.17) is 10.8 Å². The van der Waals surface area contributed by atoms with Gasteiger partial charge < -0.3 is 21.3 Å². The van der Waals surface area contributed by atoms with Crippen LogP contribution in [0.2, 0.25) is 0 Å². The number of nitrogen functional groups attached to an aromatic ring is 1. The fourth-order valence-corrected chi connectivity index (χ4v) is 3.32. The highest BCUT2D eigenvalue weighted by Crippen LogP contribution is 2.22. The van der Waals surface area contributed by atoms with E-state index in [0.717, 1.165) is 12.1 Å². The van der Waals surface area contributed by atoms with Gasteiger partial charge >= 0.3 is 0 Å². The number of carbonyl (C=O) groups is 1. The molecule has 6 N–H and O–H groups in total. The fraction of sp³-hybridized carbons (Fsp3) is 0.188. The Morgan fingerprint density at radius 1 is 1.14 bits per heavy atom. The van der Waals surface area contributed by atoms with Gasteiger partial charge in [-0.2, -0.15) is 0 Å². The molecule has 2 aromatic carbocycles. The lowest BCUT2D eigenvalue weighted by atomic mass is 10.2. The SMILES string of the molecule is Nc1ccc(C(=O)Nc2cc(F)c(F)c(F)c2)cc1S(=O)(=O)NCC(O)CO. The molecule has 0 bridgehead atoms. The minimum Gasteiger partial charge on any atom is -0.398 e. The maximum Gasteiger partial charge on any atom is 0.255 e. The first-order valence-electron chi connectivity index (χ1n) is 7.69. The average Bonchev–Trinajstić information content (AvgIpc) is 2.64. The third-order valence-corrected chi connectivity index (χ3v) is 5.01. The number of aliphatic hydroxyl groups excluding tert-OH is 2. The number of rotatable bonds is 7. The van der Waals surface area contributed by atoms with Gasteiger partial charge in [0.1, 0.15) is 4.90 Å². The molecule has 152 valence electrons. The molecule has 28 heavy (non-hydrogen) atoms. The van der Waals surface area contributed by atoms with E-state index < -0.39 is 57.5 Å². The Labute approximate surface area is 157 Å². The lowest BCUT2D eigenvalue weighted by molar-refractivity contribution is 0.0988. The van der Waals surface area contributed by atoms with Gasteiger partial charge in [-0.1, -0.05) is 0 Å². The first-order chi connectivity index (χ1) is 13.0. The third-order valence-electron chi connectivity index (χ3n) is 3.53. The van der Waals surface area contributed by atoms with Gasteiger partial charge in [0.15, 0.2) is 17.5 Å². The smallest absolute Gasteiger partial charge is 0.255 e. The zero-order valence-corrected chi connectivity index (χ0v) is 14.9. The quantitative estimate of drug-likeness (QED) is 0.328. The molecule has 1 amide bonds. The zero-order valence-electron chi connectivity index (χ0n) is 14.1. The Balaban J connectivity index is 2.28. The molecule has 0 aliphatic rings. The number of hydrogen-bond acceptors (Lipinski definition) is 6. The van der Waals surface area contributed by atoms with Gasteiger partial charge in [0, 0.05) is 29.9 Å². The highest BCUT2D eigenvalue weighted by atomic mass is 32.2. The summed E-state index contributed by atoms with van der Waals surface area (Å²) in [6.45, 7) is -1.17. The van der Waals surface area contributed by atoms with Gasteiger partial charge in [0.05, 0.1) is 18.4 Å². The summed E-state index contributed by atoms with van der Waals surface area (Å²) in [4.78, 5) is 11.8. The van der Waals surface area contributed by atoms with Crippen LogP contribution in [-0.2, 0) is 10.0 Å². The number of nitrogens with two attached hydrogens (primary N) is 1. The van der Waals surface area contributed by atoms with Crippen molar-refractivity contribution >= 4 is 27.3 Å². The van der Waals surface area contributed by atoms with Gasteiger partial charge in [0.2, 0.25) is 10.0 Å². The lowest BCUT2D eigenvalue weighted by Gasteiger charge is -2.13. The summed E-state index contributed by atoms with van der Waals surface area (Å²) >= 11 is 0. The van der Waals surface area contributed by atoms with Gasteiger partial charge in [-0.15, -0.1) is 0 Å². The van der Waals surface area contributed by atoms with Crippen molar-refractivity contribution < 1.29 is 36.6 Å². The minimum absolute atomic E-state index is 0.207. The van der Waals surface area contributed by atoms with Crippen LogP contribution < -0.4 is 15.8 Å². The highest BCUT2D eigenvalue weighted by Gasteiger charge is 2.21. The predicted molar refractivity (Wildman–Crippen MR) is 93.4 cm³/mol. The molecule has 0 aliphatic heterocycles. The van der Waals surface area contributed by atoms with Gasteiger partial charge in [-0.25, -0.2) is 26.3 Å². The van der Waals surface area contributed by atoms with Crippen LogP contribution in [0.15, 0.2) is 35.2 Å². The first-order valence-corrected chi connectivity index (χ1v) is 9.17. The van der Waals surface area contributed by atoms with Crippen LogP contribution in [0.4, 0.5) is 24.5 Å². The van der Waals surface area contributed by atoms with Crippen LogP contribution in [0.3, 0.4) is 0 Å². The summed E-state index contributed by atoms with van der Waals surface area (Å²) in [7, 11) is -4.24.